The summed E-state index contributed by atoms with van der Waals surface area (Å²) in [5, 5.41) is 9.61. The molecule has 0 aromatic rings. The van der Waals surface area contributed by atoms with E-state index in [1.54, 1.807) is 12.2 Å². The normalized spacial score (nSPS) is 24.6. The van der Waals surface area contributed by atoms with Gasteiger partial charge in [0.2, 0.25) is 6.29 Å². The maximum absolute atomic E-state index is 12.8. The molecule has 172 valence electrons. The number of carbonyl (C=O) groups excluding carboxylic acids is 1. The van der Waals surface area contributed by atoms with E-state index in [1.165, 1.54) is 5.01 Å². The van der Waals surface area contributed by atoms with Gasteiger partial charge >= 0.3 is 0 Å². The van der Waals surface area contributed by atoms with Crippen LogP contribution in [-0.4, -0.2) is 71.8 Å². The van der Waals surface area contributed by atoms with Gasteiger partial charge in [-0.2, -0.15) is 10.1 Å². The van der Waals surface area contributed by atoms with Crippen molar-refractivity contribution in [2.45, 2.75) is 51.4 Å². The molecule has 3 aliphatic heterocycles. The molecule has 0 radical (unpaired) electrons. The third kappa shape index (κ3) is 5.85. The van der Waals surface area contributed by atoms with Crippen molar-refractivity contribution in [3.63, 3.8) is 0 Å². The zero-order valence-corrected chi connectivity index (χ0v) is 19.6. The van der Waals surface area contributed by atoms with E-state index in [2.05, 4.69) is 46.0 Å². The zero-order chi connectivity index (χ0) is 22.9. The molecular formula is C25H36N6O. The summed E-state index contributed by atoms with van der Waals surface area (Å²) in [6.45, 7) is 7.61. The van der Waals surface area contributed by atoms with Gasteiger partial charge in [0.1, 0.15) is 5.84 Å². The molecule has 3 aliphatic rings. The third-order valence-electron chi connectivity index (χ3n) is 6.02. The lowest BCUT2D eigenvalue weighted by Crippen LogP contribution is -2.55. The molecule has 1 N–H and O–H groups in total. The first-order valence-electron chi connectivity index (χ1n) is 11.5. The number of rotatable bonds is 10. The second-order valence-corrected chi connectivity index (χ2v) is 8.25. The smallest absolute Gasteiger partial charge is 0.272 e. The molecule has 2 atom stereocenters. The number of amides is 1. The van der Waals surface area contributed by atoms with Crippen molar-refractivity contribution in [3.8, 4) is 0 Å². The summed E-state index contributed by atoms with van der Waals surface area (Å²) >= 11 is 0. The minimum Gasteiger partial charge on any atom is -0.349 e. The van der Waals surface area contributed by atoms with Gasteiger partial charge in [-0.15, -0.1) is 0 Å². The van der Waals surface area contributed by atoms with Gasteiger partial charge in [-0.25, -0.2) is 0 Å². The fourth-order valence-electron chi connectivity index (χ4n) is 4.26. The van der Waals surface area contributed by atoms with Gasteiger partial charge in [-0.1, -0.05) is 50.0 Å². The van der Waals surface area contributed by atoms with Crippen molar-refractivity contribution in [1.29, 1.82) is 0 Å². The molecule has 2 unspecified atom stereocenters. The van der Waals surface area contributed by atoms with Gasteiger partial charge in [0, 0.05) is 57.0 Å². The highest BCUT2D eigenvalue weighted by atomic mass is 16.2. The van der Waals surface area contributed by atoms with Crippen LogP contribution in [0.15, 0.2) is 71.0 Å². The SMILES string of the molecule is C=C/C=C\C(CC1CCCN1CC1=CC(=O)N2N=C(C/C=C\C=C/CC)N(C)C2N1)=NC. The lowest BCUT2D eigenvalue weighted by Gasteiger charge is -2.35. The molecule has 0 spiro atoms. The number of fused-ring (bicyclic) bond motifs is 1. The summed E-state index contributed by atoms with van der Waals surface area (Å²) in [5.41, 5.74) is 2.02. The summed E-state index contributed by atoms with van der Waals surface area (Å²) in [6, 6.07) is 0.424. The van der Waals surface area contributed by atoms with Gasteiger partial charge < -0.3 is 10.2 Å². The van der Waals surface area contributed by atoms with E-state index in [0.717, 1.165) is 56.0 Å². The van der Waals surface area contributed by atoms with Crippen LogP contribution in [0.2, 0.25) is 0 Å². The number of nitrogens with one attached hydrogen (secondary N) is 1. The van der Waals surface area contributed by atoms with Crippen molar-refractivity contribution in [2.75, 3.05) is 27.2 Å². The Morgan fingerprint density at radius 1 is 1.34 bits per heavy atom. The largest absolute Gasteiger partial charge is 0.349 e. The molecule has 3 rings (SSSR count). The molecule has 0 bridgehead atoms. The second-order valence-electron chi connectivity index (χ2n) is 8.25. The minimum atomic E-state index is -0.263. The molecule has 0 aromatic heterocycles. The molecule has 7 nitrogen and oxygen atoms in total. The molecule has 0 aliphatic carbocycles. The Labute approximate surface area is 192 Å². The quantitative estimate of drug-likeness (QED) is 0.421. The molecule has 1 fully saturated rings. The molecule has 32 heavy (non-hydrogen) atoms. The second kappa shape index (κ2) is 11.6. The monoisotopic (exact) mass is 436 g/mol. The fourth-order valence-corrected chi connectivity index (χ4v) is 4.26. The molecule has 7 heteroatoms. The third-order valence-corrected chi connectivity index (χ3v) is 6.02. The Morgan fingerprint density at radius 2 is 2.16 bits per heavy atom. The van der Waals surface area contributed by atoms with Crippen molar-refractivity contribution in [1.82, 2.24) is 20.1 Å². The van der Waals surface area contributed by atoms with Crippen molar-refractivity contribution < 1.29 is 4.79 Å². The van der Waals surface area contributed by atoms with Gasteiger partial charge in [0.25, 0.3) is 5.91 Å². The van der Waals surface area contributed by atoms with Crippen LogP contribution in [-0.2, 0) is 4.79 Å². The van der Waals surface area contributed by atoms with E-state index in [4.69, 9.17) is 0 Å². The van der Waals surface area contributed by atoms with Crippen LogP contribution in [0.4, 0.5) is 0 Å². The Balaban J connectivity index is 1.60. The summed E-state index contributed by atoms with van der Waals surface area (Å²) in [4.78, 5) is 21.7. The lowest BCUT2D eigenvalue weighted by atomic mass is 10.1. The lowest BCUT2D eigenvalue weighted by molar-refractivity contribution is -0.131. The maximum Gasteiger partial charge on any atom is 0.272 e. The Morgan fingerprint density at radius 3 is 2.91 bits per heavy atom. The predicted octanol–water partition coefficient (Wildman–Crippen LogP) is 3.42. The molecule has 1 saturated heterocycles. The molecular weight excluding hydrogens is 400 g/mol. The Hall–Kier alpha value is -2.93. The highest BCUT2D eigenvalue weighted by Gasteiger charge is 2.38. The number of aliphatic imine (C=N–C) groups is 1. The van der Waals surface area contributed by atoms with Crippen molar-refractivity contribution in [2.24, 2.45) is 10.1 Å². The summed E-state index contributed by atoms with van der Waals surface area (Å²) in [5.74, 6) is 0.810. The van der Waals surface area contributed by atoms with E-state index in [9.17, 15) is 4.79 Å². The first kappa shape index (κ1) is 23.7. The topological polar surface area (TPSA) is 63.5 Å². The predicted molar refractivity (Wildman–Crippen MR) is 132 cm³/mol. The number of hydrogen-bond acceptors (Lipinski definition) is 6. The standard InChI is InChI=1S/C25H36N6O/c1-5-7-9-10-11-15-23-28-31-24(32)18-21(27-25(31)29(23)4)19-30-16-12-14-22(30)17-20(26-3)13-8-6-2/h6-11,13,18,22,25,27H,2,5,12,14-17,19H2,1,3-4H3/b9-7-,11-10-,13-8-,26-20?. The average molecular weight is 437 g/mol. The number of amidine groups is 1. The minimum absolute atomic E-state index is 0.0686. The first-order valence-corrected chi connectivity index (χ1v) is 11.5. The van der Waals surface area contributed by atoms with Gasteiger partial charge in [-0.05, 0) is 31.9 Å². The molecule has 1 amide bonds. The Kier molecular flexibility index (Phi) is 8.62. The summed E-state index contributed by atoms with van der Waals surface area (Å²) < 4.78 is 0. The van der Waals surface area contributed by atoms with E-state index < -0.39 is 0 Å². The van der Waals surface area contributed by atoms with E-state index >= 15 is 0 Å². The average Bonchev–Trinajstić information content (AvgIpc) is 3.35. The van der Waals surface area contributed by atoms with Crippen LogP contribution in [0.5, 0.6) is 0 Å². The van der Waals surface area contributed by atoms with Crippen LogP contribution < -0.4 is 5.32 Å². The highest BCUT2D eigenvalue weighted by molar-refractivity contribution is 5.95. The van der Waals surface area contributed by atoms with Crippen LogP contribution in [0.25, 0.3) is 0 Å². The fraction of sp³-hybridized carbons (Fsp3) is 0.480. The Bertz CT molecular complexity index is 866. The van der Waals surface area contributed by atoms with Crippen LogP contribution in [0.1, 0.15) is 39.0 Å². The van der Waals surface area contributed by atoms with Crippen LogP contribution >= 0.6 is 0 Å². The number of nitrogens with zero attached hydrogens (tertiary/aromatic N) is 5. The van der Waals surface area contributed by atoms with Gasteiger partial charge in [-0.3, -0.25) is 14.7 Å². The number of hydrogen-bond donors (Lipinski definition) is 1. The first-order chi connectivity index (χ1) is 15.6. The summed E-state index contributed by atoms with van der Waals surface area (Å²) in [6.07, 6.45) is 20.3. The number of likely N-dealkylation sites (tertiary alicyclic amines) is 1. The number of hydrazone groups is 1. The van der Waals surface area contributed by atoms with E-state index in [1.807, 2.05) is 43.3 Å². The zero-order valence-electron chi connectivity index (χ0n) is 19.6. The van der Waals surface area contributed by atoms with Crippen molar-refractivity contribution >= 4 is 17.5 Å². The van der Waals surface area contributed by atoms with E-state index in [-0.39, 0.29) is 12.2 Å². The summed E-state index contributed by atoms with van der Waals surface area (Å²) in [7, 11) is 3.82. The maximum atomic E-state index is 12.8. The van der Waals surface area contributed by atoms with Gasteiger partial charge in [0.05, 0.1) is 0 Å². The van der Waals surface area contributed by atoms with Crippen molar-refractivity contribution in [3.05, 3.63) is 60.9 Å². The van der Waals surface area contributed by atoms with Crippen LogP contribution in [0, 0.1) is 0 Å². The highest BCUT2D eigenvalue weighted by Crippen LogP contribution is 2.25. The number of carbonyl (C=O) groups is 1. The van der Waals surface area contributed by atoms with E-state index in [0.29, 0.717) is 12.5 Å². The molecule has 3 heterocycles. The molecule has 0 saturated carbocycles. The molecule has 0 aromatic carbocycles. The van der Waals surface area contributed by atoms with Gasteiger partial charge in [0.15, 0.2) is 0 Å². The van der Waals surface area contributed by atoms with Crippen LogP contribution in [0.3, 0.4) is 0 Å². The number of allylic oxidation sites excluding steroid dienone is 6.